The van der Waals surface area contributed by atoms with Gasteiger partial charge >= 0.3 is 0 Å². The summed E-state index contributed by atoms with van der Waals surface area (Å²) in [6.45, 7) is 6.56. The zero-order chi connectivity index (χ0) is 13.2. The van der Waals surface area contributed by atoms with Crippen LogP contribution in [-0.2, 0) is 25.8 Å². The first-order valence-electron chi connectivity index (χ1n) is 7.60. The maximum absolute atomic E-state index is 3.49. The number of rotatable bonds is 5. The van der Waals surface area contributed by atoms with Crippen LogP contribution in [0.25, 0.3) is 10.1 Å². The van der Waals surface area contributed by atoms with E-state index in [2.05, 4.69) is 31.3 Å². The molecule has 2 heteroatoms. The first-order chi connectivity index (χ1) is 9.33. The molecule has 0 radical (unpaired) electrons. The van der Waals surface area contributed by atoms with E-state index in [0.717, 1.165) is 13.1 Å². The van der Waals surface area contributed by atoms with Crippen LogP contribution < -0.4 is 5.32 Å². The summed E-state index contributed by atoms with van der Waals surface area (Å²) >= 11 is 2.01. The summed E-state index contributed by atoms with van der Waals surface area (Å²) in [5, 5.41) is 5.03. The second-order valence-corrected chi connectivity index (χ2v) is 6.64. The van der Waals surface area contributed by atoms with Gasteiger partial charge in [-0.05, 0) is 66.4 Å². The Morgan fingerprint density at radius 3 is 2.68 bits per heavy atom. The van der Waals surface area contributed by atoms with Gasteiger partial charge < -0.3 is 5.32 Å². The minimum absolute atomic E-state index is 1.04. The van der Waals surface area contributed by atoms with E-state index in [9.17, 15) is 0 Å². The van der Waals surface area contributed by atoms with Gasteiger partial charge in [0.15, 0.2) is 0 Å². The zero-order valence-electron chi connectivity index (χ0n) is 12.0. The van der Waals surface area contributed by atoms with E-state index in [4.69, 9.17) is 0 Å². The van der Waals surface area contributed by atoms with Gasteiger partial charge in [-0.3, -0.25) is 0 Å². The summed E-state index contributed by atoms with van der Waals surface area (Å²) in [5.74, 6) is 0. The monoisotopic (exact) mass is 273 g/mol. The summed E-state index contributed by atoms with van der Waals surface area (Å²) < 4.78 is 1.51. The van der Waals surface area contributed by atoms with Crippen molar-refractivity contribution in [3.8, 4) is 0 Å². The van der Waals surface area contributed by atoms with Gasteiger partial charge in [0.25, 0.3) is 0 Å². The molecule has 0 atom stereocenters. The van der Waals surface area contributed by atoms with E-state index in [-0.39, 0.29) is 0 Å². The molecule has 0 fully saturated rings. The van der Waals surface area contributed by atoms with Crippen molar-refractivity contribution in [2.45, 2.75) is 52.5 Å². The van der Waals surface area contributed by atoms with E-state index in [1.54, 1.807) is 27.0 Å². The Balaban J connectivity index is 2.08. The van der Waals surface area contributed by atoms with E-state index in [1.807, 2.05) is 11.3 Å². The van der Waals surface area contributed by atoms with Crippen molar-refractivity contribution in [1.82, 2.24) is 5.32 Å². The molecule has 3 rings (SSSR count). The van der Waals surface area contributed by atoms with Crippen LogP contribution in [0, 0.1) is 0 Å². The summed E-state index contributed by atoms with van der Waals surface area (Å²) in [6.07, 6.45) is 6.38. The largest absolute Gasteiger partial charge is 0.312 e. The molecular formula is C17H23NS. The molecular weight excluding hydrogens is 250 g/mol. The van der Waals surface area contributed by atoms with Gasteiger partial charge in [-0.25, -0.2) is 0 Å². The van der Waals surface area contributed by atoms with Gasteiger partial charge in [0.05, 0.1) is 0 Å². The van der Waals surface area contributed by atoms with Gasteiger partial charge in [-0.15, -0.1) is 11.3 Å². The molecule has 1 aromatic heterocycles. The summed E-state index contributed by atoms with van der Waals surface area (Å²) in [4.78, 5) is 1.56. The standard InChI is InChI=1S/C17H23NS/c1-3-6-14-15-9-12-7-5-8-13(12)10-16(15)19-17(14)11-18-4-2/h9-10,18H,3-8,11H2,1-2H3. The van der Waals surface area contributed by atoms with Gasteiger partial charge in [0.1, 0.15) is 0 Å². The van der Waals surface area contributed by atoms with E-state index < -0.39 is 0 Å². The first-order valence-corrected chi connectivity index (χ1v) is 8.41. The smallest absolute Gasteiger partial charge is 0.0351 e. The predicted molar refractivity (Wildman–Crippen MR) is 85.2 cm³/mol. The lowest BCUT2D eigenvalue weighted by Gasteiger charge is -2.05. The Hall–Kier alpha value is -0.860. The molecule has 1 N–H and O–H groups in total. The van der Waals surface area contributed by atoms with Gasteiger partial charge in [0.2, 0.25) is 0 Å². The molecule has 1 aromatic carbocycles. The molecule has 19 heavy (non-hydrogen) atoms. The van der Waals surface area contributed by atoms with Crippen LogP contribution in [-0.4, -0.2) is 6.54 Å². The maximum atomic E-state index is 3.49. The molecule has 102 valence electrons. The number of hydrogen-bond donors (Lipinski definition) is 1. The number of nitrogens with one attached hydrogen (secondary N) is 1. The van der Waals surface area contributed by atoms with Crippen LogP contribution >= 0.6 is 11.3 Å². The van der Waals surface area contributed by atoms with Crippen LogP contribution in [0.4, 0.5) is 0 Å². The number of fused-ring (bicyclic) bond motifs is 2. The molecule has 1 aliphatic carbocycles. The normalized spacial score (nSPS) is 14.2. The van der Waals surface area contributed by atoms with Crippen molar-refractivity contribution in [3.63, 3.8) is 0 Å². The van der Waals surface area contributed by atoms with Crippen LogP contribution in [0.5, 0.6) is 0 Å². The lowest BCUT2D eigenvalue weighted by molar-refractivity contribution is 0.728. The molecule has 1 nitrogen and oxygen atoms in total. The highest BCUT2D eigenvalue weighted by atomic mass is 32.1. The molecule has 0 unspecified atom stereocenters. The fourth-order valence-electron chi connectivity index (χ4n) is 3.17. The third-order valence-corrected chi connectivity index (χ3v) is 5.32. The van der Waals surface area contributed by atoms with Crippen LogP contribution in [0.1, 0.15) is 48.3 Å². The van der Waals surface area contributed by atoms with Crippen molar-refractivity contribution in [2.75, 3.05) is 6.54 Å². The number of hydrogen-bond acceptors (Lipinski definition) is 2. The molecule has 0 amide bonds. The Morgan fingerprint density at radius 2 is 1.95 bits per heavy atom. The number of aryl methyl sites for hydroxylation is 3. The summed E-state index contributed by atoms with van der Waals surface area (Å²) in [5.41, 5.74) is 4.82. The average Bonchev–Trinajstić information content (AvgIpc) is 2.99. The minimum atomic E-state index is 1.04. The molecule has 0 saturated heterocycles. The number of benzene rings is 1. The van der Waals surface area contributed by atoms with Gasteiger partial charge in [-0.2, -0.15) is 0 Å². The summed E-state index contributed by atoms with van der Waals surface area (Å²) in [7, 11) is 0. The van der Waals surface area contributed by atoms with Gasteiger partial charge in [0, 0.05) is 16.1 Å². The Kier molecular flexibility index (Phi) is 3.90. The van der Waals surface area contributed by atoms with Crippen molar-refractivity contribution >= 4 is 21.4 Å². The van der Waals surface area contributed by atoms with E-state index in [1.165, 1.54) is 36.8 Å². The Bertz CT molecular complexity index is 582. The SMILES string of the molecule is CCCc1c(CNCC)sc2cc3c(cc12)CCC3. The number of thiophene rings is 1. The summed E-state index contributed by atoms with van der Waals surface area (Å²) in [6, 6.07) is 4.96. The van der Waals surface area contributed by atoms with Crippen molar-refractivity contribution in [2.24, 2.45) is 0 Å². The lowest BCUT2D eigenvalue weighted by Crippen LogP contribution is -2.11. The topological polar surface area (TPSA) is 12.0 Å². The average molecular weight is 273 g/mol. The molecule has 0 saturated carbocycles. The van der Waals surface area contributed by atoms with E-state index in [0.29, 0.717) is 0 Å². The Labute approximate surface area is 120 Å². The molecule has 0 aliphatic heterocycles. The second kappa shape index (κ2) is 5.64. The highest BCUT2D eigenvalue weighted by Crippen LogP contribution is 2.36. The van der Waals surface area contributed by atoms with Crippen LogP contribution in [0.15, 0.2) is 12.1 Å². The van der Waals surface area contributed by atoms with Gasteiger partial charge in [-0.1, -0.05) is 20.3 Å². The third-order valence-electron chi connectivity index (χ3n) is 4.12. The first kappa shape index (κ1) is 13.1. The van der Waals surface area contributed by atoms with Crippen molar-refractivity contribution in [3.05, 3.63) is 33.7 Å². The maximum Gasteiger partial charge on any atom is 0.0351 e. The second-order valence-electron chi connectivity index (χ2n) is 5.50. The fraction of sp³-hybridized carbons (Fsp3) is 0.529. The van der Waals surface area contributed by atoms with Crippen LogP contribution in [0.2, 0.25) is 0 Å². The molecule has 0 spiro atoms. The minimum Gasteiger partial charge on any atom is -0.312 e. The molecule has 0 bridgehead atoms. The predicted octanol–water partition coefficient (Wildman–Crippen LogP) is 4.45. The quantitative estimate of drug-likeness (QED) is 0.848. The molecule has 1 heterocycles. The highest BCUT2D eigenvalue weighted by Gasteiger charge is 2.16. The highest BCUT2D eigenvalue weighted by molar-refractivity contribution is 7.19. The van der Waals surface area contributed by atoms with E-state index >= 15 is 0 Å². The molecule has 1 aliphatic rings. The lowest BCUT2D eigenvalue weighted by atomic mass is 10.0. The molecule has 2 aromatic rings. The third kappa shape index (κ3) is 2.44. The van der Waals surface area contributed by atoms with Crippen molar-refractivity contribution < 1.29 is 0 Å². The fourth-order valence-corrected chi connectivity index (χ4v) is 4.44. The zero-order valence-corrected chi connectivity index (χ0v) is 12.8. The Morgan fingerprint density at radius 1 is 1.16 bits per heavy atom. The van der Waals surface area contributed by atoms with Crippen LogP contribution in [0.3, 0.4) is 0 Å². The van der Waals surface area contributed by atoms with Crippen molar-refractivity contribution in [1.29, 1.82) is 0 Å².